The first kappa shape index (κ1) is 13.7. The molecule has 0 radical (unpaired) electrons. The number of fused-ring (bicyclic) bond motifs is 1. The number of aryl methyl sites for hydroxylation is 1. The van der Waals surface area contributed by atoms with Crippen LogP contribution in [0.25, 0.3) is 11.0 Å². The highest BCUT2D eigenvalue weighted by molar-refractivity contribution is 5.82. The zero-order chi connectivity index (χ0) is 14.7. The molecule has 3 rings (SSSR count). The first-order chi connectivity index (χ1) is 10.3. The van der Waals surface area contributed by atoms with Crippen LogP contribution in [-0.2, 0) is 12.8 Å². The van der Waals surface area contributed by atoms with Crippen LogP contribution in [0.1, 0.15) is 36.7 Å². The van der Waals surface area contributed by atoms with E-state index in [2.05, 4.69) is 19.1 Å². The summed E-state index contributed by atoms with van der Waals surface area (Å²) in [5.41, 5.74) is 3.44. The Labute approximate surface area is 125 Å². The molecular weight excluding hydrogens is 260 g/mol. The Balaban J connectivity index is 1.99. The van der Waals surface area contributed by atoms with E-state index < -0.39 is 0 Å². The standard InChI is InChI=1S/C19H20O2/c1-2-3-7-19-17(13-14-9-11-15(20)12-10-14)16-6-4-5-8-18(16)21-19/h4-6,8-12,20H,2-3,7,13H2,1H3. The van der Waals surface area contributed by atoms with Crippen molar-refractivity contribution in [1.29, 1.82) is 0 Å². The number of phenolic OH excluding ortho intramolecular Hbond substituents is 1. The van der Waals surface area contributed by atoms with Crippen molar-refractivity contribution in [2.75, 3.05) is 0 Å². The van der Waals surface area contributed by atoms with Crippen molar-refractivity contribution in [2.45, 2.75) is 32.6 Å². The second-order valence-corrected chi connectivity index (χ2v) is 5.45. The fourth-order valence-electron chi connectivity index (χ4n) is 2.70. The molecule has 0 fully saturated rings. The van der Waals surface area contributed by atoms with Gasteiger partial charge in [0, 0.05) is 23.8 Å². The van der Waals surface area contributed by atoms with Crippen molar-refractivity contribution in [1.82, 2.24) is 0 Å². The highest BCUT2D eigenvalue weighted by Crippen LogP contribution is 2.29. The molecule has 0 spiro atoms. The molecule has 1 N–H and O–H groups in total. The maximum atomic E-state index is 9.41. The van der Waals surface area contributed by atoms with E-state index in [1.165, 1.54) is 16.5 Å². The van der Waals surface area contributed by atoms with Gasteiger partial charge in [-0.1, -0.05) is 43.7 Å². The Morgan fingerprint density at radius 2 is 1.76 bits per heavy atom. The summed E-state index contributed by atoms with van der Waals surface area (Å²) in [4.78, 5) is 0. The van der Waals surface area contributed by atoms with Crippen molar-refractivity contribution in [3.63, 3.8) is 0 Å². The van der Waals surface area contributed by atoms with E-state index in [1.54, 1.807) is 12.1 Å². The summed E-state index contributed by atoms with van der Waals surface area (Å²) in [5.74, 6) is 1.41. The number of furan rings is 1. The lowest BCUT2D eigenvalue weighted by molar-refractivity contribution is 0.475. The van der Waals surface area contributed by atoms with E-state index in [4.69, 9.17) is 4.42 Å². The van der Waals surface area contributed by atoms with Gasteiger partial charge in [-0.25, -0.2) is 0 Å². The Morgan fingerprint density at radius 1 is 1.00 bits per heavy atom. The van der Waals surface area contributed by atoms with Gasteiger partial charge in [0.2, 0.25) is 0 Å². The number of hydrogen-bond acceptors (Lipinski definition) is 2. The predicted molar refractivity (Wildman–Crippen MR) is 85.7 cm³/mol. The van der Waals surface area contributed by atoms with Crippen LogP contribution < -0.4 is 0 Å². The molecule has 0 saturated heterocycles. The highest BCUT2D eigenvalue weighted by Gasteiger charge is 2.13. The molecule has 2 heteroatoms. The van der Waals surface area contributed by atoms with Gasteiger partial charge in [0.1, 0.15) is 17.1 Å². The molecule has 0 amide bonds. The molecule has 2 aromatic carbocycles. The Morgan fingerprint density at radius 3 is 2.52 bits per heavy atom. The maximum absolute atomic E-state index is 9.41. The van der Waals surface area contributed by atoms with Crippen LogP contribution in [0.4, 0.5) is 0 Å². The first-order valence-electron chi connectivity index (χ1n) is 7.55. The SMILES string of the molecule is CCCCc1oc2ccccc2c1Cc1ccc(O)cc1. The van der Waals surface area contributed by atoms with Crippen LogP contribution in [0.3, 0.4) is 0 Å². The average Bonchev–Trinajstić information content (AvgIpc) is 2.85. The van der Waals surface area contributed by atoms with Crippen LogP contribution >= 0.6 is 0 Å². The monoisotopic (exact) mass is 280 g/mol. The molecule has 0 aliphatic heterocycles. The van der Waals surface area contributed by atoms with Crippen molar-refractivity contribution in [3.8, 4) is 5.75 Å². The molecule has 108 valence electrons. The van der Waals surface area contributed by atoms with Crippen LogP contribution in [0, 0.1) is 0 Å². The summed E-state index contributed by atoms with van der Waals surface area (Å²) in [7, 11) is 0. The molecule has 0 unspecified atom stereocenters. The largest absolute Gasteiger partial charge is 0.508 e. The van der Waals surface area contributed by atoms with Gasteiger partial charge in [0.15, 0.2) is 0 Å². The molecule has 1 heterocycles. The molecular formula is C19H20O2. The molecule has 1 aromatic heterocycles. The second kappa shape index (κ2) is 6.04. The molecule has 0 aliphatic carbocycles. The van der Waals surface area contributed by atoms with Gasteiger partial charge in [-0.15, -0.1) is 0 Å². The number of benzene rings is 2. The van der Waals surface area contributed by atoms with Gasteiger partial charge >= 0.3 is 0 Å². The van der Waals surface area contributed by atoms with E-state index in [0.717, 1.165) is 37.0 Å². The van der Waals surface area contributed by atoms with Gasteiger partial charge in [-0.2, -0.15) is 0 Å². The summed E-state index contributed by atoms with van der Waals surface area (Å²) in [6.45, 7) is 2.20. The van der Waals surface area contributed by atoms with Crippen LogP contribution in [0.5, 0.6) is 5.75 Å². The summed E-state index contributed by atoms with van der Waals surface area (Å²) in [5, 5.41) is 10.6. The Hall–Kier alpha value is -2.22. The minimum absolute atomic E-state index is 0.307. The van der Waals surface area contributed by atoms with Crippen LogP contribution in [0.2, 0.25) is 0 Å². The summed E-state index contributed by atoms with van der Waals surface area (Å²) >= 11 is 0. The summed E-state index contributed by atoms with van der Waals surface area (Å²) in [6, 6.07) is 15.7. The van der Waals surface area contributed by atoms with Crippen LogP contribution in [-0.4, -0.2) is 5.11 Å². The fourth-order valence-corrected chi connectivity index (χ4v) is 2.70. The fraction of sp³-hybridized carbons (Fsp3) is 0.263. The third-order valence-corrected chi connectivity index (χ3v) is 3.86. The summed E-state index contributed by atoms with van der Waals surface area (Å²) < 4.78 is 6.05. The number of hydrogen-bond donors (Lipinski definition) is 1. The average molecular weight is 280 g/mol. The minimum Gasteiger partial charge on any atom is -0.508 e. The quantitative estimate of drug-likeness (QED) is 0.707. The van der Waals surface area contributed by atoms with Gasteiger partial charge in [0.05, 0.1) is 0 Å². The lowest BCUT2D eigenvalue weighted by Crippen LogP contribution is -1.92. The van der Waals surface area contributed by atoms with E-state index in [-0.39, 0.29) is 0 Å². The number of phenols is 1. The lowest BCUT2D eigenvalue weighted by Gasteiger charge is -2.04. The molecule has 0 bridgehead atoms. The minimum atomic E-state index is 0.307. The van der Waals surface area contributed by atoms with E-state index in [0.29, 0.717) is 5.75 Å². The highest BCUT2D eigenvalue weighted by atomic mass is 16.3. The zero-order valence-corrected chi connectivity index (χ0v) is 12.3. The van der Waals surface area contributed by atoms with Crippen LogP contribution in [0.15, 0.2) is 52.9 Å². The normalized spacial score (nSPS) is 11.1. The Bertz CT molecular complexity index is 723. The van der Waals surface area contributed by atoms with E-state index >= 15 is 0 Å². The smallest absolute Gasteiger partial charge is 0.134 e. The van der Waals surface area contributed by atoms with Crippen molar-refractivity contribution in [2.24, 2.45) is 0 Å². The molecule has 0 saturated carbocycles. The number of para-hydroxylation sites is 1. The van der Waals surface area contributed by atoms with Gasteiger partial charge in [-0.3, -0.25) is 0 Å². The van der Waals surface area contributed by atoms with Gasteiger partial charge in [-0.05, 0) is 30.2 Å². The Kier molecular flexibility index (Phi) is 3.96. The molecule has 0 aliphatic rings. The third kappa shape index (κ3) is 2.94. The number of aromatic hydroxyl groups is 1. The lowest BCUT2D eigenvalue weighted by atomic mass is 10.00. The maximum Gasteiger partial charge on any atom is 0.134 e. The molecule has 0 atom stereocenters. The van der Waals surface area contributed by atoms with Crippen molar-refractivity contribution in [3.05, 3.63) is 65.4 Å². The molecule has 2 nitrogen and oxygen atoms in total. The number of unbranched alkanes of at least 4 members (excludes halogenated alkanes) is 1. The van der Waals surface area contributed by atoms with Gasteiger partial charge in [0.25, 0.3) is 0 Å². The third-order valence-electron chi connectivity index (χ3n) is 3.86. The van der Waals surface area contributed by atoms with E-state index in [9.17, 15) is 5.11 Å². The molecule has 21 heavy (non-hydrogen) atoms. The van der Waals surface area contributed by atoms with E-state index in [1.807, 2.05) is 24.3 Å². The molecule has 3 aromatic rings. The first-order valence-corrected chi connectivity index (χ1v) is 7.55. The van der Waals surface area contributed by atoms with Crippen molar-refractivity contribution >= 4 is 11.0 Å². The summed E-state index contributed by atoms with van der Waals surface area (Å²) in [6.07, 6.45) is 4.13. The van der Waals surface area contributed by atoms with Crippen molar-refractivity contribution < 1.29 is 9.52 Å². The topological polar surface area (TPSA) is 33.4 Å². The number of rotatable bonds is 5. The zero-order valence-electron chi connectivity index (χ0n) is 12.3. The predicted octanol–water partition coefficient (Wildman–Crippen LogP) is 5.07. The van der Waals surface area contributed by atoms with Gasteiger partial charge < -0.3 is 9.52 Å². The second-order valence-electron chi connectivity index (χ2n) is 5.45.